The maximum Gasteiger partial charge on any atom is 0.000444 e. The first kappa shape index (κ1) is 13.9. The average Bonchev–Trinajstić information content (AvgIpc) is 2.03. The highest BCUT2D eigenvalue weighted by atomic mass is 15.1. The van der Waals surface area contributed by atoms with E-state index in [1.165, 1.54) is 25.9 Å². The van der Waals surface area contributed by atoms with Crippen LogP contribution < -0.4 is 5.73 Å². The predicted octanol–water partition coefficient (Wildman–Crippen LogP) is 2.34. The van der Waals surface area contributed by atoms with Crippen LogP contribution in [0.5, 0.6) is 0 Å². The maximum atomic E-state index is 5.53. The van der Waals surface area contributed by atoms with Gasteiger partial charge in [0.05, 0.1) is 0 Å². The predicted molar refractivity (Wildman–Crippen MR) is 64.4 cm³/mol. The number of rotatable bonds is 8. The zero-order valence-corrected chi connectivity index (χ0v) is 10.4. The molecule has 0 saturated heterocycles. The van der Waals surface area contributed by atoms with Crippen LogP contribution in [0.25, 0.3) is 0 Å². The van der Waals surface area contributed by atoms with Gasteiger partial charge in [0.25, 0.3) is 0 Å². The Hall–Kier alpha value is -0.0800. The van der Waals surface area contributed by atoms with Crippen molar-refractivity contribution in [1.82, 2.24) is 4.90 Å². The Bertz CT molecular complexity index is 123. The van der Waals surface area contributed by atoms with Gasteiger partial charge in [0, 0.05) is 6.54 Å². The fraction of sp³-hybridized carbons (Fsp3) is 1.00. The van der Waals surface area contributed by atoms with E-state index in [9.17, 15) is 0 Å². The van der Waals surface area contributed by atoms with Gasteiger partial charge in [-0.2, -0.15) is 0 Å². The summed E-state index contributed by atoms with van der Waals surface area (Å²) in [6, 6.07) is 0. The Morgan fingerprint density at radius 2 is 1.79 bits per heavy atom. The molecule has 0 fully saturated rings. The standard InChI is InChI=1S/C12H28N2/c1-11(2)6-5-9-14(4)10-12(3)7-8-13/h11-12H,5-10,13H2,1-4H3. The molecule has 1 unspecified atom stereocenters. The van der Waals surface area contributed by atoms with Crippen molar-refractivity contribution in [1.29, 1.82) is 0 Å². The lowest BCUT2D eigenvalue weighted by atomic mass is 10.1. The Morgan fingerprint density at radius 3 is 2.29 bits per heavy atom. The van der Waals surface area contributed by atoms with Crippen LogP contribution in [0.2, 0.25) is 0 Å². The Kier molecular flexibility index (Phi) is 8.20. The molecule has 14 heavy (non-hydrogen) atoms. The summed E-state index contributed by atoms with van der Waals surface area (Å²) < 4.78 is 0. The van der Waals surface area contributed by atoms with Crippen molar-refractivity contribution in [2.75, 3.05) is 26.7 Å². The van der Waals surface area contributed by atoms with Gasteiger partial charge in [0.2, 0.25) is 0 Å². The van der Waals surface area contributed by atoms with E-state index in [0.717, 1.165) is 24.8 Å². The summed E-state index contributed by atoms with van der Waals surface area (Å²) in [6.45, 7) is 10.1. The molecule has 0 spiro atoms. The highest BCUT2D eigenvalue weighted by Gasteiger charge is 2.05. The van der Waals surface area contributed by atoms with E-state index in [4.69, 9.17) is 5.73 Å². The second-order valence-electron chi connectivity index (χ2n) is 4.98. The van der Waals surface area contributed by atoms with E-state index >= 15 is 0 Å². The van der Waals surface area contributed by atoms with Crippen molar-refractivity contribution in [2.45, 2.75) is 40.0 Å². The number of hydrogen-bond acceptors (Lipinski definition) is 2. The number of nitrogens with two attached hydrogens (primary N) is 1. The SMILES string of the molecule is CC(C)CCCN(C)CC(C)CCN. The molecule has 0 aromatic carbocycles. The second kappa shape index (κ2) is 8.25. The maximum absolute atomic E-state index is 5.53. The van der Waals surface area contributed by atoms with Crippen LogP contribution in [0.4, 0.5) is 0 Å². The Morgan fingerprint density at radius 1 is 1.14 bits per heavy atom. The zero-order chi connectivity index (χ0) is 11.0. The van der Waals surface area contributed by atoms with Crippen LogP contribution in [0.15, 0.2) is 0 Å². The summed E-state index contributed by atoms with van der Waals surface area (Å²) in [7, 11) is 2.22. The summed E-state index contributed by atoms with van der Waals surface area (Å²) in [5.41, 5.74) is 5.53. The fourth-order valence-electron chi connectivity index (χ4n) is 1.77. The summed E-state index contributed by atoms with van der Waals surface area (Å²) >= 11 is 0. The van der Waals surface area contributed by atoms with Gasteiger partial charge in [0.15, 0.2) is 0 Å². The lowest BCUT2D eigenvalue weighted by molar-refractivity contribution is 0.270. The van der Waals surface area contributed by atoms with E-state index in [1.54, 1.807) is 0 Å². The van der Waals surface area contributed by atoms with Crippen molar-refractivity contribution in [3.63, 3.8) is 0 Å². The second-order valence-corrected chi connectivity index (χ2v) is 4.98. The van der Waals surface area contributed by atoms with Crippen LogP contribution in [0.1, 0.15) is 40.0 Å². The first-order chi connectivity index (χ1) is 6.56. The van der Waals surface area contributed by atoms with Gasteiger partial charge in [-0.15, -0.1) is 0 Å². The van der Waals surface area contributed by atoms with E-state index in [0.29, 0.717) is 0 Å². The van der Waals surface area contributed by atoms with E-state index in [2.05, 4.69) is 32.7 Å². The molecule has 0 bridgehead atoms. The molecule has 0 amide bonds. The lowest BCUT2D eigenvalue weighted by Gasteiger charge is -2.21. The fourth-order valence-corrected chi connectivity index (χ4v) is 1.77. The largest absolute Gasteiger partial charge is 0.330 e. The van der Waals surface area contributed by atoms with Crippen LogP contribution >= 0.6 is 0 Å². The van der Waals surface area contributed by atoms with Crippen molar-refractivity contribution in [2.24, 2.45) is 17.6 Å². The van der Waals surface area contributed by atoms with Crippen LogP contribution in [-0.2, 0) is 0 Å². The normalized spacial score (nSPS) is 13.9. The Labute approximate surface area is 89.9 Å². The minimum Gasteiger partial charge on any atom is -0.330 e. The van der Waals surface area contributed by atoms with E-state index in [-0.39, 0.29) is 0 Å². The van der Waals surface area contributed by atoms with Gasteiger partial charge >= 0.3 is 0 Å². The molecule has 0 radical (unpaired) electrons. The number of hydrogen-bond donors (Lipinski definition) is 1. The minimum absolute atomic E-state index is 0.740. The topological polar surface area (TPSA) is 29.3 Å². The van der Waals surface area contributed by atoms with Gasteiger partial charge < -0.3 is 10.6 Å². The van der Waals surface area contributed by atoms with Crippen molar-refractivity contribution < 1.29 is 0 Å². The minimum atomic E-state index is 0.740. The van der Waals surface area contributed by atoms with Gasteiger partial charge in [-0.05, 0) is 51.2 Å². The molecule has 1 atom stereocenters. The smallest absolute Gasteiger partial charge is 0.000444 e. The highest BCUT2D eigenvalue weighted by Crippen LogP contribution is 2.06. The summed E-state index contributed by atoms with van der Waals surface area (Å²) in [5, 5.41) is 0. The lowest BCUT2D eigenvalue weighted by Crippen LogP contribution is -2.26. The van der Waals surface area contributed by atoms with Crippen molar-refractivity contribution >= 4 is 0 Å². The highest BCUT2D eigenvalue weighted by molar-refractivity contribution is 4.60. The molecule has 0 aromatic heterocycles. The third-order valence-electron chi connectivity index (χ3n) is 2.60. The molecule has 2 nitrogen and oxygen atoms in total. The molecule has 0 heterocycles. The third-order valence-corrected chi connectivity index (χ3v) is 2.60. The van der Waals surface area contributed by atoms with Gasteiger partial charge in [0.1, 0.15) is 0 Å². The summed E-state index contributed by atoms with van der Waals surface area (Å²) in [6.07, 6.45) is 3.81. The number of nitrogens with zero attached hydrogens (tertiary/aromatic N) is 1. The van der Waals surface area contributed by atoms with Gasteiger partial charge in [-0.25, -0.2) is 0 Å². The van der Waals surface area contributed by atoms with Crippen LogP contribution in [0.3, 0.4) is 0 Å². The third kappa shape index (κ3) is 8.52. The van der Waals surface area contributed by atoms with Crippen molar-refractivity contribution in [3.05, 3.63) is 0 Å². The van der Waals surface area contributed by atoms with E-state index < -0.39 is 0 Å². The first-order valence-electron chi connectivity index (χ1n) is 5.94. The molecule has 0 aromatic rings. The molecule has 0 aliphatic rings. The van der Waals surface area contributed by atoms with Crippen molar-refractivity contribution in [3.8, 4) is 0 Å². The molecular weight excluding hydrogens is 172 g/mol. The van der Waals surface area contributed by atoms with Crippen LogP contribution in [0, 0.1) is 11.8 Å². The first-order valence-corrected chi connectivity index (χ1v) is 5.94. The Balaban J connectivity index is 3.39. The molecule has 86 valence electrons. The monoisotopic (exact) mass is 200 g/mol. The molecule has 0 aliphatic heterocycles. The molecule has 0 aliphatic carbocycles. The molecular formula is C12H28N2. The molecule has 0 rings (SSSR count). The average molecular weight is 200 g/mol. The van der Waals surface area contributed by atoms with Gasteiger partial charge in [-0.1, -0.05) is 20.8 Å². The zero-order valence-electron chi connectivity index (χ0n) is 10.4. The summed E-state index contributed by atoms with van der Waals surface area (Å²) in [4.78, 5) is 2.43. The quantitative estimate of drug-likeness (QED) is 0.651. The van der Waals surface area contributed by atoms with Crippen LogP contribution in [-0.4, -0.2) is 31.6 Å². The molecule has 0 saturated carbocycles. The molecule has 2 heteroatoms. The molecule has 2 N–H and O–H groups in total. The van der Waals surface area contributed by atoms with E-state index in [1.807, 2.05) is 0 Å². The summed E-state index contributed by atoms with van der Waals surface area (Å²) in [5.74, 6) is 1.58. The van der Waals surface area contributed by atoms with Gasteiger partial charge in [-0.3, -0.25) is 0 Å².